The molecule has 0 saturated carbocycles. The number of carbonyl (C=O) groups is 1. The highest BCUT2D eigenvalue weighted by Gasteiger charge is 2.36. The molecular formula is C17H9ClN2O5. The molecule has 2 heterocycles. The maximum absolute atomic E-state index is 12.9. The van der Waals surface area contributed by atoms with Crippen LogP contribution in [0.2, 0.25) is 5.02 Å². The fourth-order valence-corrected chi connectivity index (χ4v) is 3.12. The van der Waals surface area contributed by atoms with Gasteiger partial charge in [-0.15, -0.1) is 0 Å². The van der Waals surface area contributed by atoms with Crippen molar-refractivity contribution in [3.8, 4) is 0 Å². The Morgan fingerprint density at radius 2 is 1.96 bits per heavy atom. The topological polar surface area (TPSA) is 102 Å². The molecule has 0 aliphatic carbocycles. The van der Waals surface area contributed by atoms with Gasteiger partial charge in [0.05, 0.1) is 21.9 Å². The van der Waals surface area contributed by atoms with E-state index in [1.54, 1.807) is 12.1 Å². The van der Waals surface area contributed by atoms with E-state index >= 15 is 0 Å². The van der Waals surface area contributed by atoms with Gasteiger partial charge in [-0.1, -0.05) is 23.7 Å². The van der Waals surface area contributed by atoms with Crippen LogP contribution in [0.5, 0.6) is 0 Å². The van der Waals surface area contributed by atoms with Crippen LogP contribution < -0.4 is 10.7 Å². The lowest BCUT2D eigenvalue weighted by Gasteiger charge is -2.11. The Balaban J connectivity index is 1.97. The molecule has 1 atom stereocenters. The van der Waals surface area contributed by atoms with Gasteiger partial charge in [0.1, 0.15) is 5.58 Å². The zero-order chi connectivity index (χ0) is 17.7. The first-order valence-electron chi connectivity index (χ1n) is 7.27. The average Bonchev–Trinajstić information content (AvgIpc) is 2.93. The zero-order valence-corrected chi connectivity index (χ0v) is 13.2. The van der Waals surface area contributed by atoms with E-state index in [9.17, 15) is 19.7 Å². The Kier molecular flexibility index (Phi) is 3.33. The summed E-state index contributed by atoms with van der Waals surface area (Å²) in [5, 5.41) is 14.2. The van der Waals surface area contributed by atoms with Crippen molar-refractivity contribution in [2.45, 2.75) is 6.04 Å². The van der Waals surface area contributed by atoms with Crippen molar-refractivity contribution in [3.63, 3.8) is 0 Å². The number of hydrogen-bond acceptors (Lipinski definition) is 5. The molecule has 0 bridgehead atoms. The molecule has 8 heteroatoms. The number of rotatable bonds is 2. The maximum Gasteiger partial charge on any atom is 0.288 e. The number of nitrogens with one attached hydrogen (secondary N) is 1. The molecule has 0 fully saturated rings. The Morgan fingerprint density at radius 1 is 1.16 bits per heavy atom. The van der Waals surface area contributed by atoms with Gasteiger partial charge in [0.25, 0.3) is 11.6 Å². The van der Waals surface area contributed by atoms with E-state index in [1.165, 1.54) is 30.3 Å². The van der Waals surface area contributed by atoms with Crippen molar-refractivity contribution in [1.82, 2.24) is 5.32 Å². The predicted octanol–water partition coefficient (Wildman–Crippen LogP) is 3.19. The van der Waals surface area contributed by atoms with Crippen molar-refractivity contribution >= 4 is 34.2 Å². The van der Waals surface area contributed by atoms with Crippen LogP contribution in [-0.2, 0) is 0 Å². The summed E-state index contributed by atoms with van der Waals surface area (Å²) in [6.07, 6.45) is 0. The minimum Gasteiger partial charge on any atom is -0.450 e. The minimum atomic E-state index is -0.818. The lowest BCUT2D eigenvalue weighted by molar-refractivity contribution is -0.384. The highest BCUT2D eigenvalue weighted by Crippen LogP contribution is 2.32. The predicted molar refractivity (Wildman–Crippen MR) is 89.9 cm³/mol. The summed E-state index contributed by atoms with van der Waals surface area (Å²) in [4.78, 5) is 35.5. The normalized spacial score (nSPS) is 15.9. The molecule has 3 aromatic rings. The number of fused-ring (bicyclic) bond motifs is 2. The Morgan fingerprint density at radius 3 is 2.72 bits per heavy atom. The largest absolute Gasteiger partial charge is 0.450 e. The van der Waals surface area contributed by atoms with Gasteiger partial charge in [-0.05, 0) is 23.8 Å². The van der Waals surface area contributed by atoms with Crippen molar-refractivity contribution in [3.05, 3.63) is 84.7 Å². The number of nitro benzene ring substituents is 1. The molecule has 1 aromatic heterocycles. The number of nitro groups is 1. The highest BCUT2D eigenvalue weighted by molar-refractivity contribution is 6.31. The van der Waals surface area contributed by atoms with Crippen molar-refractivity contribution in [1.29, 1.82) is 0 Å². The van der Waals surface area contributed by atoms with E-state index in [0.29, 0.717) is 10.6 Å². The van der Waals surface area contributed by atoms with Crippen LogP contribution in [-0.4, -0.2) is 10.8 Å². The lowest BCUT2D eigenvalue weighted by atomic mass is 9.99. The van der Waals surface area contributed by atoms with E-state index in [0.717, 1.165) is 0 Å². The number of non-ortho nitro benzene ring substituents is 1. The molecule has 1 unspecified atom stereocenters. The molecule has 25 heavy (non-hydrogen) atoms. The van der Waals surface area contributed by atoms with Crippen LogP contribution in [0, 0.1) is 10.1 Å². The summed E-state index contributed by atoms with van der Waals surface area (Å²) in [6, 6.07) is 9.49. The van der Waals surface area contributed by atoms with E-state index in [1.807, 2.05) is 0 Å². The molecule has 0 saturated heterocycles. The van der Waals surface area contributed by atoms with Crippen LogP contribution in [0.1, 0.15) is 27.7 Å². The maximum atomic E-state index is 12.9. The number of nitrogens with zero attached hydrogens (tertiary/aromatic N) is 1. The second-order valence-electron chi connectivity index (χ2n) is 5.57. The molecule has 1 amide bonds. The van der Waals surface area contributed by atoms with Crippen molar-refractivity contribution < 1.29 is 14.1 Å². The second-order valence-corrected chi connectivity index (χ2v) is 6.01. The van der Waals surface area contributed by atoms with Gasteiger partial charge in [0.15, 0.2) is 5.43 Å². The van der Waals surface area contributed by atoms with Gasteiger partial charge in [-0.25, -0.2) is 0 Å². The van der Waals surface area contributed by atoms with Gasteiger partial charge in [0.2, 0.25) is 5.76 Å². The van der Waals surface area contributed by atoms with E-state index < -0.39 is 22.3 Å². The zero-order valence-electron chi connectivity index (χ0n) is 12.5. The first kappa shape index (κ1) is 15.3. The third-order valence-corrected chi connectivity index (χ3v) is 4.31. The van der Waals surface area contributed by atoms with Crippen LogP contribution >= 0.6 is 11.6 Å². The van der Waals surface area contributed by atoms with Gasteiger partial charge in [-0.2, -0.15) is 0 Å². The molecule has 1 aliphatic rings. The van der Waals surface area contributed by atoms with Gasteiger partial charge in [-0.3, -0.25) is 19.7 Å². The quantitative estimate of drug-likeness (QED) is 0.561. The molecule has 7 nitrogen and oxygen atoms in total. The van der Waals surface area contributed by atoms with Crippen molar-refractivity contribution in [2.24, 2.45) is 0 Å². The third kappa shape index (κ3) is 2.36. The molecule has 4 rings (SSSR count). The monoisotopic (exact) mass is 356 g/mol. The fraction of sp³-hybridized carbons (Fsp3) is 0.0588. The molecule has 2 aromatic carbocycles. The van der Waals surface area contributed by atoms with Gasteiger partial charge in [0, 0.05) is 17.2 Å². The summed E-state index contributed by atoms with van der Waals surface area (Å²) in [6.45, 7) is 0. The molecule has 0 radical (unpaired) electrons. The highest BCUT2D eigenvalue weighted by atomic mass is 35.5. The minimum absolute atomic E-state index is 0.0867. The second kappa shape index (κ2) is 5.42. The summed E-state index contributed by atoms with van der Waals surface area (Å²) in [5.41, 5.74) is 0.278. The summed E-state index contributed by atoms with van der Waals surface area (Å²) >= 11 is 5.94. The Hall–Kier alpha value is -3.19. The van der Waals surface area contributed by atoms with Gasteiger partial charge < -0.3 is 9.73 Å². The van der Waals surface area contributed by atoms with E-state index in [-0.39, 0.29) is 28.0 Å². The molecule has 1 N–H and O–H groups in total. The number of hydrogen-bond donors (Lipinski definition) is 1. The number of benzene rings is 2. The Labute approximate surface area is 145 Å². The molecule has 124 valence electrons. The lowest BCUT2D eigenvalue weighted by Crippen LogP contribution is -2.22. The first-order valence-corrected chi connectivity index (χ1v) is 7.65. The standard InChI is InChI=1S/C17H9ClN2O5/c18-9-4-5-12-11(7-9)15(21)13-14(19-17(22)16(13)25-12)8-2-1-3-10(6-8)20(23)24/h1-7,14H,(H,19,22). The van der Waals surface area contributed by atoms with Crippen LogP contribution in [0.15, 0.2) is 51.7 Å². The number of amides is 1. The van der Waals surface area contributed by atoms with Gasteiger partial charge >= 0.3 is 0 Å². The SMILES string of the molecule is O=C1NC(c2cccc([N+](=O)[O-])c2)c2c1oc1ccc(Cl)cc1c2=O. The van der Waals surface area contributed by atoms with Crippen LogP contribution in [0.3, 0.4) is 0 Å². The smallest absolute Gasteiger partial charge is 0.288 e. The Bertz CT molecular complexity index is 1120. The first-order chi connectivity index (χ1) is 12.0. The average molecular weight is 357 g/mol. The van der Waals surface area contributed by atoms with Crippen molar-refractivity contribution in [2.75, 3.05) is 0 Å². The third-order valence-electron chi connectivity index (χ3n) is 4.07. The van der Waals surface area contributed by atoms with E-state index in [2.05, 4.69) is 5.32 Å². The number of carbonyl (C=O) groups excluding carboxylic acids is 1. The summed E-state index contributed by atoms with van der Waals surface area (Å²) in [7, 11) is 0. The molecular weight excluding hydrogens is 348 g/mol. The number of halogens is 1. The van der Waals surface area contributed by atoms with Crippen LogP contribution in [0.25, 0.3) is 11.0 Å². The molecule has 1 aliphatic heterocycles. The summed E-state index contributed by atoms with van der Waals surface area (Å²) in [5.74, 6) is -0.628. The fourth-order valence-electron chi connectivity index (χ4n) is 2.95. The molecule has 0 spiro atoms. The van der Waals surface area contributed by atoms with E-state index in [4.69, 9.17) is 16.0 Å². The summed E-state index contributed by atoms with van der Waals surface area (Å²) < 4.78 is 5.58. The van der Waals surface area contributed by atoms with Crippen LogP contribution in [0.4, 0.5) is 5.69 Å².